The minimum Gasteiger partial charge on any atom is -0.456 e. The Balaban J connectivity index is 0.974. The molecule has 0 aliphatic carbocycles. The molecule has 0 amide bonds. The second-order valence-corrected chi connectivity index (χ2v) is 16.0. The van der Waals surface area contributed by atoms with Crippen LogP contribution in [0.15, 0.2) is 211 Å². The highest BCUT2D eigenvalue weighted by atomic mass is 32.1. The zero-order valence-electron chi connectivity index (χ0n) is 31.3. The van der Waals surface area contributed by atoms with Gasteiger partial charge in [-0.3, -0.25) is 0 Å². The lowest BCUT2D eigenvalue weighted by molar-refractivity contribution is 0.669. The minimum atomic E-state index is 0.908. The molecule has 0 aliphatic rings. The molecule has 0 N–H and O–H groups in total. The van der Waals surface area contributed by atoms with Gasteiger partial charge in [0.1, 0.15) is 11.2 Å². The normalized spacial score (nSPS) is 11.8. The van der Waals surface area contributed by atoms with Crippen molar-refractivity contribution in [3.8, 4) is 27.9 Å². The monoisotopic (exact) mass is 758 g/mol. The molecule has 272 valence electrons. The van der Waals surface area contributed by atoms with E-state index in [0.717, 1.165) is 50.1 Å². The van der Waals surface area contributed by atoms with E-state index in [1.807, 2.05) is 23.5 Å². The van der Waals surface area contributed by atoms with Gasteiger partial charge in [0.2, 0.25) is 0 Å². The number of fused-ring (bicyclic) bond motifs is 9. The minimum absolute atomic E-state index is 0.908. The van der Waals surface area contributed by atoms with E-state index in [-0.39, 0.29) is 0 Å². The fraction of sp³-hybridized carbons (Fsp3) is 0. The molecular formula is C54H34N2OS. The maximum Gasteiger partial charge on any atom is 0.135 e. The Morgan fingerprint density at radius 2 is 0.966 bits per heavy atom. The lowest BCUT2D eigenvalue weighted by Crippen LogP contribution is -2.10. The molecule has 0 unspecified atom stereocenters. The van der Waals surface area contributed by atoms with E-state index in [1.165, 1.54) is 58.8 Å². The molecule has 0 aliphatic heterocycles. The summed E-state index contributed by atoms with van der Waals surface area (Å²) in [7, 11) is 0. The quantitative estimate of drug-likeness (QED) is 0.168. The summed E-state index contributed by atoms with van der Waals surface area (Å²) >= 11 is 1.86. The van der Waals surface area contributed by atoms with E-state index in [2.05, 4.69) is 204 Å². The molecular weight excluding hydrogens is 725 g/mol. The van der Waals surface area contributed by atoms with Crippen molar-refractivity contribution in [3.63, 3.8) is 0 Å². The fourth-order valence-corrected chi connectivity index (χ4v) is 10.1. The largest absolute Gasteiger partial charge is 0.456 e. The van der Waals surface area contributed by atoms with Crippen molar-refractivity contribution in [2.75, 3.05) is 4.90 Å². The topological polar surface area (TPSA) is 21.3 Å². The van der Waals surface area contributed by atoms with Crippen molar-refractivity contribution in [2.45, 2.75) is 0 Å². The summed E-state index contributed by atoms with van der Waals surface area (Å²) in [5.41, 5.74) is 13.5. The first-order valence-corrected chi connectivity index (χ1v) is 20.5. The van der Waals surface area contributed by atoms with E-state index in [9.17, 15) is 0 Å². The van der Waals surface area contributed by atoms with Gasteiger partial charge >= 0.3 is 0 Å². The lowest BCUT2D eigenvalue weighted by atomic mass is 10.0. The number of aromatic nitrogens is 1. The summed E-state index contributed by atoms with van der Waals surface area (Å²) in [6.45, 7) is 0. The highest BCUT2D eigenvalue weighted by Crippen LogP contribution is 2.45. The van der Waals surface area contributed by atoms with Crippen molar-refractivity contribution in [3.05, 3.63) is 206 Å². The Hall–Kier alpha value is -7.40. The second kappa shape index (κ2) is 13.1. The number of nitrogens with zero attached hydrogens (tertiary/aromatic N) is 2. The van der Waals surface area contributed by atoms with Crippen molar-refractivity contribution in [1.82, 2.24) is 4.57 Å². The van der Waals surface area contributed by atoms with Gasteiger partial charge < -0.3 is 13.9 Å². The summed E-state index contributed by atoms with van der Waals surface area (Å²) in [5.74, 6) is 0. The average Bonchev–Trinajstić information content (AvgIpc) is 3.97. The highest BCUT2D eigenvalue weighted by Gasteiger charge is 2.19. The van der Waals surface area contributed by atoms with E-state index in [4.69, 9.17) is 4.42 Å². The fourth-order valence-electron chi connectivity index (χ4n) is 8.85. The van der Waals surface area contributed by atoms with Crippen LogP contribution in [0.1, 0.15) is 0 Å². The van der Waals surface area contributed by atoms with Crippen LogP contribution in [0.2, 0.25) is 0 Å². The number of hydrogen-bond acceptors (Lipinski definition) is 3. The number of thiophene rings is 1. The molecule has 0 saturated heterocycles. The molecule has 0 bridgehead atoms. The van der Waals surface area contributed by atoms with Gasteiger partial charge in [-0.25, -0.2) is 0 Å². The lowest BCUT2D eigenvalue weighted by Gasteiger charge is -2.26. The Kier molecular flexibility index (Phi) is 7.40. The van der Waals surface area contributed by atoms with E-state index >= 15 is 0 Å². The number of rotatable bonds is 6. The maximum absolute atomic E-state index is 6.13. The first kappa shape index (κ1) is 32.8. The van der Waals surface area contributed by atoms with Crippen LogP contribution in [0.5, 0.6) is 0 Å². The zero-order chi connectivity index (χ0) is 38.2. The van der Waals surface area contributed by atoms with Crippen LogP contribution in [0.25, 0.3) is 91.9 Å². The molecule has 4 heteroatoms. The summed E-state index contributed by atoms with van der Waals surface area (Å²) in [6, 6.07) is 74.5. The van der Waals surface area contributed by atoms with Crippen molar-refractivity contribution >= 4 is 92.3 Å². The first-order chi connectivity index (χ1) is 28.7. The number of hydrogen-bond donors (Lipinski definition) is 0. The van der Waals surface area contributed by atoms with Crippen LogP contribution in [0.4, 0.5) is 17.1 Å². The molecule has 0 fully saturated rings. The van der Waals surface area contributed by atoms with Gasteiger partial charge in [0.15, 0.2) is 0 Å². The van der Waals surface area contributed by atoms with Crippen LogP contribution in [-0.4, -0.2) is 4.57 Å². The maximum atomic E-state index is 6.13. The van der Waals surface area contributed by atoms with Crippen LogP contribution < -0.4 is 4.90 Å². The Bertz CT molecular complexity index is 3500. The molecule has 0 saturated carbocycles. The predicted molar refractivity (Wildman–Crippen MR) is 247 cm³/mol. The van der Waals surface area contributed by atoms with Crippen molar-refractivity contribution in [2.24, 2.45) is 0 Å². The molecule has 0 spiro atoms. The summed E-state index contributed by atoms with van der Waals surface area (Å²) in [6.07, 6.45) is 0. The van der Waals surface area contributed by atoms with Gasteiger partial charge in [-0.1, -0.05) is 127 Å². The van der Waals surface area contributed by atoms with E-state index < -0.39 is 0 Å². The van der Waals surface area contributed by atoms with Gasteiger partial charge in [-0.15, -0.1) is 11.3 Å². The van der Waals surface area contributed by atoms with Crippen LogP contribution in [0.3, 0.4) is 0 Å². The third kappa shape index (κ3) is 5.19. The summed E-state index contributed by atoms with van der Waals surface area (Å²) < 4.78 is 11.1. The number of para-hydroxylation sites is 3. The molecule has 0 radical (unpaired) electrons. The molecule has 58 heavy (non-hydrogen) atoms. The molecule has 3 heterocycles. The highest BCUT2D eigenvalue weighted by molar-refractivity contribution is 7.26. The SMILES string of the molecule is c1ccc(-n2c3ccccc3c3ccc(-c4ccc(N(c5ccc(-c6ccc7oc8ccccc8c7c6)cc5)c5cccc6c5sc5ccccc56)cc4)cc32)cc1. The Morgan fingerprint density at radius 3 is 1.76 bits per heavy atom. The number of benzene rings is 9. The zero-order valence-corrected chi connectivity index (χ0v) is 32.2. The predicted octanol–water partition coefficient (Wildman–Crippen LogP) is 15.9. The summed E-state index contributed by atoms with van der Waals surface area (Å²) in [5, 5.41) is 7.36. The van der Waals surface area contributed by atoms with Gasteiger partial charge in [-0.05, 0) is 101 Å². The molecule has 9 aromatic carbocycles. The number of anilines is 3. The first-order valence-electron chi connectivity index (χ1n) is 19.7. The van der Waals surface area contributed by atoms with Gasteiger partial charge in [0.25, 0.3) is 0 Å². The van der Waals surface area contributed by atoms with Crippen molar-refractivity contribution < 1.29 is 4.42 Å². The van der Waals surface area contributed by atoms with Gasteiger partial charge in [0.05, 0.1) is 21.4 Å². The second-order valence-electron chi connectivity index (χ2n) is 14.9. The van der Waals surface area contributed by atoms with Gasteiger partial charge in [0, 0.05) is 54.1 Å². The molecule has 12 aromatic rings. The average molecular weight is 759 g/mol. The molecule has 0 atom stereocenters. The Morgan fingerprint density at radius 1 is 0.379 bits per heavy atom. The smallest absolute Gasteiger partial charge is 0.135 e. The third-order valence-electron chi connectivity index (χ3n) is 11.6. The Labute approximate surface area is 338 Å². The van der Waals surface area contributed by atoms with Crippen LogP contribution in [-0.2, 0) is 0 Å². The number of furan rings is 1. The van der Waals surface area contributed by atoms with Crippen LogP contribution >= 0.6 is 11.3 Å². The third-order valence-corrected chi connectivity index (χ3v) is 12.8. The van der Waals surface area contributed by atoms with Crippen molar-refractivity contribution in [1.29, 1.82) is 0 Å². The van der Waals surface area contributed by atoms with E-state index in [0.29, 0.717) is 0 Å². The van der Waals surface area contributed by atoms with E-state index in [1.54, 1.807) is 0 Å². The molecule has 12 rings (SSSR count). The standard InChI is InChI=1S/C54H34N2OS/c1-2-11-39(12-3-1)56-48-17-7-4-13-42(48)43-31-25-38(34-50(43)56)36-23-29-41(30-24-36)55(49-18-10-16-46-45-15-6-9-20-53(45)58-54(46)49)40-27-21-35(22-28-40)37-26-32-52-47(33-37)44-14-5-8-19-51(44)57-52/h1-34H. The molecule has 3 nitrogen and oxygen atoms in total. The van der Waals surface area contributed by atoms with Crippen LogP contribution in [0, 0.1) is 0 Å². The molecule has 3 aromatic heterocycles. The van der Waals surface area contributed by atoms with Gasteiger partial charge in [-0.2, -0.15) is 0 Å². The summed E-state index contributed by atoms with van der Waals surface area (Å²) in [4.78, 5) is 2.41.